The Labute approximate surface area is 89.0 Å². The van der Waals surface area contributed by atoms with Gasteiger partial charge in [0.25, 0.3) is 0 Å². The molecule has 4 heteroatoms. The zero-order valence-corrected chi connectivity index (χ0v) is 9.11. The van der Waals surface area contributed by atoms with Gasteiger partial charge in [-0.2, -0.15) is 13.2 Å². The Kier molecular flexibility index (Phi) is 6.65. The van der Waals surface area contributed by atoms with Gasteiger partial charge in [-0.1, -0.05) is 39.2 Å². The van der Waals surface area contributed by atoms with Crippen molar-refractivity contribution in [1.82, 2.24) is 0 Å². The van der Waals surface area contributed by atoms with Crippen molar-refractivity contribution in [2.75, 3.05) is 0 Å². The average Bonchev–Trinajstić information content (AvgIpc) is 2.11. The summed E-state index contributed by atoms with van der Waals surface area (Å²) in [6, 6.07) is 0. The van der Waals surface area contributed by atoms with Crippen molar-refractivity contribution in [3.05, 3.63) is 12.2 Å². The first-order chi connectivity index (χ1) is 6.88. The van der Waals surface area contributed by atoms with Crippen LogP contribution in [0.3, 0.4) is 0 Å². The summed E-state index contributed by atoms with van der Waals surface area (Å²) in [4.78, 5) is 0. The topological polar surface area (TPSA) is 20.2 Å². The molecule has 0 aliphatic heterocycles. The summed E-state index contributed by atoms with van der Waals surface area (Å²) in [5, 5.41) is 9.32. The molecule has 0 aromatic rings. The Hall–Kier alpha value is -0.510. The van der Waals surface area contributed by atoms with E-state index in [1.807, 2.05) is 0 Å². The molecular weight excluding hydrogens is 205 g/mol. The minimum absolute atomic E-state index is 0.365. The van der Waals surface area contributed by atoms with Gasteiger partial charge < -0.3 is 5.11 Å². The maximum Gasteiger partial charge on any atom is 0.412 e. The lowest BCUT2D eigenvalue weighted by molar-refractivity contribution is -0.0967. The molecule has 0 rings (SSSR count). The monoisotopic (exact) mass is 224 g/mol. The summed E-state index contributed by atoms with van der Waals surface area (Å²) in [5.74, 6) is 0. The molecule has 0 saturated carbocycles. The molecule has 0 aliphatic rings. The van der Waals surface area contributed by atoms with E-state index in [1.54, 1.807) is 0 Å². The van der Waals surface area contributed by atoms with E-state index in [9.17, 15) is 18.3 Å². The number of alkyl halides is 3. The van der Waals surface area contributed by atoms with Crippen molar-refractivity contribution in [1.29, 1.82) is 0 Å². The third-order valence-corrected chi connectivity index (χ3v) is 2.27. The van der Waals surface area contributed by atoms with Gasteiger partial charge in [0.2, 0.25) is 0 Å². The largest absolute Gasteiger partial charge is 0.412 e. The van der Waals surface area contributed by atoms with E-state index in [4.69, 9.17) is 0 Å². The predicted octanol–water partition coefficient (Wildman–Crippen LogP) is 3.83. The molecule has 0 bridgehead atoms. The summed E-state index contributed by atoms with van der Waals surface area (Å²) in [5.41, 5.74) is -0.842. The number of aliphatic hydroxyl groups is 1. The summed E-state index contributed by atoms with van der Waals surface area (Å²) in [6.45, 7) is 4.98. The molecule has 0 radical (unpaired) electrons. The highest BCUT2D eigenvalue weighted by molar-refractivity contribution is 5.03. The number of unbranched alkanes of at least 4 members (excludes halogenated alkanes) is 3. The second kappa shape index (κ2) is 6.88. The molecule has 0 saturated heterocycles. The molecular formula is C11H19F3O. The molecule has 0 spiro atoms. The molecule has 0 heterocycles. The van der Waals surface area contributed by atoms with Gasteiger partial charge in [-0.05, 0) is 6.42 Å². The Morgan fingerprint density at radius 3 is 2.33 bits per heavy atom. The van der Waals surface area contributed by atoms with Crippen molar-refractivity contribution in [3.63, 3.8) is 0 Å². The zero-order chi connectivity index (χ0) is 11.9. The van der Waals surface area contributed by atoms with Crippen molar-refractivity contribution < 1.29 is 18.3 Å². The minimum atomic E-state index is -4.37. The van der Waals surface area contributed by atoms with Crippen molar-refractivity contribution in [2.45, 2.75) is 57.7 Å². The van der Waals surface area contributed by atoms with Gasteiger partial charge in [0.1, 0.15) is 0 Å². The third kappa shape index (κ3) is 7.42. The van der Waals surface area contributed by atoms with Crippen LogP contribution in [0.15, 0.2) is 12.2 Å². The van der Waals surface area contributed by atoms with Crippen LogP contribution in [-0.2, 0) is 0 Å². The Bertz CT molecular complexity index is 187. The maximum atomic E-state index is 12.0. The highest BCUT2D eigenvalue weighted by Crippen LogP contribution is 2.28. The summed E-state index contributed by atoms with van der Waals surface area (Å²) >= 11 is 0. The third-order valence-electron chi connectivity index (χ3n) is 2.27. The highest BCUT2D eigenvalue weighted by Gasteiger charge is 2.32. The van der Waals surface area contributed by atoms with E-state index in [1.165, 1.54) is 0 Å². The van der Waals surface area contributed by atoms with Gasteiger partial charge in [-0.15, -0.1) is 0 Å². The van der Waals surface area contributed by atoms with E-state index in [2.05, 4.69) is 13.5 Å². The van der Waals surface area contributed by atoms with Crippen LogP contribution in [0.1, 0.15) is 45.4 Å². The highest BCUT2D eigenvalue weighted by atomic mass is 19.4. The summed E-state index contributed by atoms with van der Waals surface area (Å²) in [6.07, 6.45) is -1.34. The van der Waals surface area contributed by atoms with Gasteiger partial charge in [0, 0.05) is 12.0 Å². The molecule has 1 atom stereocenters. The number of halogens is 3. The van der Waals surface area contributed by atoms with Crippen LogP contribution in [0.4, 0.5) is 13.2 Å². The second-order valence-corrected chi connectivity index (χ2v) is 3.81. The fourth-order valence-corrected chi connectivity index (χ4v) is 1.31. The lowest BCUT2D eigenvalue weighted by Gasteiger charge is -2.14. The summed E-state index contributed by atoms with van der Waals surface area (Å²) < 4.78 is 36.1. The zero-order valence-electron chi connectivity index (χ0n) is 9.11. The maximum absolute atomic E-state index is 12.0. The molecule has 90 valence electrons. The van der Waals surface area contributed by atoms with Crippen LogP contribution in [-0.4, -0.2) is 17.4 Å². The van der Waals surface area contributed by atoms with E-state index >= 15 is 0 Å². The molecule has 1 N–H and O–H groups in total. The van der Waals surface area contributed by atoms with E-state index in [-0.39, 0.29) is 6.42 Å². The van der Waals surface area contributed by atoms with Crippen LogP contribution >= 0.6 is 0 Å². The van der Waals surface area contributed by atoms with Crippen molar-refractivity contribution in [2.24, 2.45) is 0 Å². The molecule has 1 nitrogen and oxygen atoms in total. The van der Waals surface area contributed by atoms with Gasteiger partial charge in [-0.25, -0.2) is 0 Å². The second-order valence-electron chi connectivity index (χ2n) is 3.81. The fourth-order valence-electron chi connectivity index (χ4n) is 1.31. The number of rotatable bonds is 7. The fraction of sp³-hybridized carbons (Fsp3) is 0.818. The molecule has 0 aliphatic carbocycles. The van der Waals surface area contributed by atoms with Crippen LogP contribution in [0, 0.1) is 0 Å². The van der Waals surface area contributed by atoms with Crippen LogP contribution in [0.2, 0.25) is 0 Å². The molecule has 0 aromatic heterocycles. The molecule has 0 amide bonds. The smallest absolute Gasteiger partial charge is 0.393 e. The average molecular weight is 224 g/mol. The van der Waals surface area contributed by atoms with Crippen LogP contribution in [0.5, 0.6) is 0 Å². The quantitative estimate of drug-likeness (QED) is 0.514. The summed E-state index contributed by atoms with van der Waals surface area (Å²) in [7, 11) is 0. The standard InChI is InChI=1S/C11H19F3O/c1-3-4-5-6-7-10(15)8-9(2)11(12,13)14/h10,15H,2-8H2,1H3. The first-order valence-electron chi connectivity index (χ1n) is 5.31. The number of hydrogen-bond acceptors (Lipinski definition) is 1. The van der Waals surface area contributed by atoms with E-state index in [0.717, 1.165) is 25.7 Å². The molecule has 15 heavy (non-hydrogen) atoms. The van der Waals surface area contributed by atoms with Gasteiger partial charge in [0.05, 0.1) is 6.10 Å². The van der Waals surface area contributed by atoms with Crippen molar-refractivity contribution >= 4 is 0 Å². The first kappa shape index (κ1) is 14.5. The first-order valence-corrected chi connectivity index (χ1v) is 5.31. The predicted molar refractivity (Wildman–Crippen MR) is 54.6 cm³/mol. The number of hydrogen-bond donors (Lipinski definition) is 1. The SMILES string of the molecule is C=C(CC(O)CCCCCC)C(F)(F)F. The van der Waals surface area contributed by atoms with E-state index in [0.29, 0.717) is 6.42 Å². The van der Waals surface area contributed by atoms with Crippen LogP contribution in [0.25, 0.3) is 0 Å². The van der Waals surface area contributed by atoms with Crippen molar-refractivity contribution in [3.8, 4) is 0 Å². The lowest BCUT2D eigenvalue weighted by atomic mass is 10.0. The lowest BCUT2D eigenvalue weighted by Crippen LogP contribution is -2.17. The van der Waals surface area contributed by atoms with E-state index < -0.39 is 17.9 Å². The molecule has 1 unspecified atom stereocenters. The normalized spacial score (nSPS) is 13.9. The number of aliphatic hydroxyl groups excluding tert-OH is 1. The molecule has 0 aromatic carbocycles. The minimum Gasteiger partial charge on any atom is -0.393 e. The Morgan fingerprint density at radius 1 is 1.27 bits per heavy atom. The van der Waals surface area contributed by atoms with Gasteiger partial charge >= 0.3 is 6.18 Å². The Balaban J connectivity index is 3.65. The van der Waals surface area contributed by atoms with Crippen LogP contribution < -0.4 is 0 Å². The van der Waals surface area contributed by atoms with Gasteiger partial charge in [-0.3, -0.25) is 0 Å². The van der Waals surface area contributed by atoms with Gasteiger partial charge in [0.15, 0.2) is 0 Å². The molecule has 0 fully saturated rings. The Morgan fingerprint density at radius 2 is 1.87 bits per heavy atom.